The van der Waals surface area contributed by atoms with Crippen LogP contribution in [0.3, 0.4) is 0 Å². The highest BCUT2D eigenvalue weighted by atomic mass is 35.5. The van der Waals surface area contributed by atoms with Gasteiger partial charge in [0, 0.05) is 19.1 Å². The first-order chi connectivity index (χ1) is 6.47. The van der Waals surface area contributed by atoms with Crippen molar-refractivity contribution in [2.45, 2.75) is 32.7 Å². The molecule has 0 aliphatic carbocycles. The predicted molar refractivity (Wildman–Crippen MR) is 64.7 cm³/mol. The smallest absolute Gasteiger partial charge is 0.213 e. The van der Waals surface area contributed by atoms with Gasteiger partial charge >= 0.3 is 0 Å². The van der Waals surface area contributed by atoms with Gasteiger partial charge in [0.15, 0.2) is 0 Å². The van der Waals surface area contributed by atoms with Crippen LogP contribution in [-0.4, -0.2) is 37.6 Å². The first-order valence-electron chi connectivity index (χ1n) is 5.20. The lowest BCUT2D eigenvalue weighted by Crippen LogP contribution is -2.45. The van der Waals surface area contributed by atoms with Gasteiger partial charge in [-0.1, -0.05) is 0 Å². The minimum absolute atomic E-state index is 0. The highest BCUT2D eigenvalue weighted by Crippen LogP contribution is 2.21. The fourth-order valence-electron chi connectivity index (χ4n) is 1.84. The standard InChI is InChI=1S/C9H20N2O2S.ClH/c1-3-14(12,13)11-6-4-5-9(7-11)8(2)10;/h8-9H,3-7,10H2,1-2H3;1H. The van der Waals surface area contributed by atoms with Gasteiger partial charge in [-0.2, -0.15) is 0 Å². The van der Waals surface area contributed by atoms with Crippen LogP contribution in [-0.2, 0) is 10.0 Å². The quantitative estimate of drug-likeness (QED) is 0.813. The van der Waals surface area contributed by atoms with E-state index in [2.05, 4.69) is 0 Å². The lowest BCUT2D eigenvalue weighted by atomic mass is 9.93. The topological polar surface area (TPSA) is 63.4 Å². The Balaban J connectivity index is 0.00000196. The van der Waals surface area contributed by atoms with Crippen LogP contribution in [0.4, 0.5) is 0 Å². The normalized spacial score (nSPS) is 25.7. The summed E-state index contributed by atoms with van der Waals surface area (Å²) in [6.45, 7) is 4.91. The zero-order valence-corrected chi connectivity index (χ0v) is 11.0. The van der Waals surface area contributed by atoms with Crippen molar-refractivity contribution >= 4 is 22.4 Å². The number of hydrogen-bond donors (Lipinski definition) is 1. The number of nitrogens with zero attached hydrogens (tertiary/aromatic N) is 1. The molecule has 2 N–H and O–H groups in total. The fraction of sp³-hybridized carbons (Fsp3) is 1.00. The molecule has 1 aliphatic heterocycles. The van der Waals surface area contributed by atoms with Crippen molar-refractivity contribution in [2.75, 3.05) is 18.8 Å². The molecule has 1 heterocycles. The number of piperidine rings is 1. The van der Waals surface area contributed by atoms with Crippen molar-refractivity contribution < 1.29 is 8.42 Å². The zero-order chi connectivity index (χ0) is 10.8. The van der Waals surface area contributed by atoms with Gasteiger partial charge < -0.3 is 5.73 Å². The lowest BCUT2D eigenvalue weighted by molar-refractivity contribution is 0.243. The first kappa shape index (κ1) is 15.2. The second-order valence-electron chi connectivity index (χ2n) is 4.02. The minimum atomic E-state index is -3.01. The number of halogens is 1. The molecule has 0 aromatic heterocycles. The van der Waals surface area contributed by atoms with Crippen LogP contribution in [0.15, 0.2) is 0 Å². The summed E-state index contributed by atoms with van der Waals surface area (Å²) in [4.78, 5) is 0. The van der Waals surface area contributed by atoms with E-state index in [0.29, 0.717) is 19.0 Å². The Hall–Kier alpha value is 0.160. The van der Waals surface area contributed by atoms with Gasteiger partial charge in [-0.3, -0.25) is 0 Å². The van der Waals surface area contributed by atoms with E-state index in [4.69, 9.17) is 5.73 Å². The SMILES string of the molecule is CCS(=O)(=O)N1CCCC(C(C)N)C1.Cl. The lowest BCUT2D eigenvalue weighted by Gasteiger charge is -2.33. The molecule has 4 nitrogen and oxygen atoms in total. The van der Waals surface area contributed by atoms with Gasteiger partial charge in [-0.25, -0.2) is 12.7 Å². The molecule has 1 saturated heterocycles. The second-order valence-corrected chi connectivity index (χ2v) is 6.28. The molecule has 0 amide bonds. The summed E-state index contributed by atoms with van der Waals surface area (Å²) >= 11 is 0. The van der Waals surface area contributed by atoms with Gasteiger partial charge in [-0.15, -0.1) is 12.4 Å². The molecule has 92 valence electrons. The molecule has 0 aromatic carbocycles. The monoisotopic (exact) mass is 256 g/mol. The van der Waals surface area contributed by atoms with Gasteiger partial charge in [0.1, 0.15) is 0 Å². The third kappa shape index (κ3) is 3.90. The summed E-state index contributed by atoms with van der Waals surface area (Å²) in [5, 5.41) is 0. The average molecular weight is 257 g/mol. The fourth-order valence-corrected chi connectivity index (χ4v) is 3.03. The van der Waals surface area contributed by atoms with Gasteiger partial charge in [0.2, 0.25) is 10.0 Å². The van der Waals surface area contributed by atoms with Crippen LogP contribution < -0.4 is 5.73 Å². The van der Waals surface area contributed by atoms with Crippen LogP contribution in [0.1, 0.15) is 26.7 Å². The highest BCUT2D eigenvalue weighted by molar-refractivity contribution is 7.89. The maximum atomic E-state index is 11.6. The Morgan fingerprint density at radius 3 is 2.60 bits per heavy atom. The van der Waals surface area contributed by atoms with E-state index in [-0.39, 0.29) is 24.2 Å². The van der Waals surface area contributed by atoms with Crippen molar-refractivity contribution in [2.24, 2.45) is 11.7 Å². The van der Waals surface area contributed by atoms with Crippen molar-refractivity contribution in [3.05, 3.63) is 0 Å². The third-order valence-electron chi connectivity index (χ3n) is 2.92. The summed E-state index contributed by atoms with van der Waals surface area (Å²) < 4.78 is 24.8. The second kappa shape index (κ2) is 6.03. The molecule has 0 bridgehead atoms. The number of rotatable bonds is 3. The number of sulfonamides is 1. The van der Waals surface area contributed by atoms with Crippen LogP contribution in [0.2, 0.25) is 0 Å². The first-order valence-corrected chi connectivity index (χ1v) is 6.81. The molecular formula is C9H21ClN2O2S. The van der Waals surface area contributed by atoms with Gasteiger partial charge in [-0.05, 0) is 32.6 Å². The van der Waals surface area contributed by atoms with Crippen molar-refractivity contribution in [3.63, 3.8) is 0 Å². The summed E-state index contributed by atoms with van der Waals surface area (Å²) in [7, 11) is -3.01. The summed E-state index contributed by atoms with van der Waals surface area (Å²) in [5.74, 6) is 0.517. The molecule has 2 atom stereocenters. The van der Waals surface area contributed by atoms with E-state index in [9.17, 15) is 8.42 Å². The average Bonchev–Trinajstić information content (AvgIpc) is 2.18. The predicted octanol–water partition coefficient (Wildman–Crippen LogP) is 0.817. The molecular weight excluding hydrogens is 236 g/mol. The van der Waals surface area contributed by atoms with E-state index in [1.165, 1.54) is 0 Å². The Labute approximate surface area is 98.7 Å². The van der Waals surface area contributed by atoms with Gasteiger partial charge in [0.05, 0.1) is 5.75 Å². The van der Waals surface area contributed by atoms with Crippen molar-refractivity contribution in [3.8, 4) is 0 Å². The Morgan fingerprint density at radius 1 is 1.53 bits per heavy atom. The maximum Gasteiger partial charge on any atom is 0.213 e. The van der Waals surface area contributed by atoms with Crippen molar-refractivity contribution in [1.82, 2.24) is 4.31 Å². The Kier molecular flexibility index (Phi) is 6.10. The molecule has 1 rings (SSSR count). The summed E-state index contributed by atoms with van der Waals surface area (Å²) in [5.41, 5.74) is 5.79. The van der Waals surface area contributed by atoms with Crippen LogP contribution >= 0.6 is 12.4 Å². The van der Waals surface area contributed by atoms with E-state index in [1.807, 2.05) is 6.92 Å². The van der Waals surface area contributed by atoms with Crippen LogP contribution in [0, 0.1) is 5.92 Å². The zero-order valence-electron chi connectivity index (χ0n) is 9.35. The molecule has 0 radical (unpaired) electrons. The molecule has 0 aromatic rings. The molecule has 6 heteroatoms. The van der Waals surface area contributed by atoms with Crippen LogP contribution in [0.5, 0.6) is 0 Å². The highest BCUT2D eigenvalue weighted by Gasteiger charge is 2.28. The summed E-state index contributed by atoms with van der Waals surface area (Å²) in [6.07, 6.45) is 1.98. The molecule has 1 aliphatic rings. The molecule has 15 heavy (non-hydrogen) atoms. The Bertz CT molecular complexity index is 280. The molecule has 1 fully saturated rings. The number of nitrogens with two attached hydrogens (primary N) is 1. The largest absolute Gasteiger partial charge is 0.328 e. The van der Waals surface area contributed by atoms with E-state index < -0.39 is 10.0 Å². The van der Waals surface area contributed by atoms with Crippen molar-refractivity contribution in [1.29, 1.82) is 0 Å². The Morgan fingerprint density at radius 2 is 2.13 bits per heavy atom. The van der Waals surface area contributed by atoms with Crippen LogP contribution in [0.25, 0.3) is 0 Å². The molecule has 0 saturated carbocycles. The molecule has 2 unspecified atom stereocenters. The van der Waals surface area contributed by atoms with E-state index in [1.54, 1.807) is 11.2 Å². The van der Waals surface area contributed by atoms with E-state index >= 15 is 0 Å². The minimum Gasteiger partial charge on any atom is -0.328 e. The number of hydrogen-bond acceptors (Lipinski definition) is 3. The van der Waals surface area contributed by atoms with E-state index in [0.717, 1.165) is 12.8 Å². The maximum absolute atomic E-state index is 11.6. The summed E-state index contributed by atoms with van der Waals surface area (Å²) in [6, 6.07) is 0.0878. The third-order valence-corrected chi connectivity index (χ3v) is 4.77. The molecule has 0 spiro atoms. The van der Waals surface area contributed by atoms with Gasteiger partial charge in [0.25, 0.3) is 0 Å².